The third kappa shape index (κ3) is 6.39. The Morgan fingerprint density at radius 1 is 1.42 bits per heavy atom. The highest BCUT2D eigenvalue weighted by molar-refractivity contribution is 5.74. The monoisotopic (exact) mass is 270 g/mol. The lowest BCUT2D eigenvalue weighted by atomic mass is 10.1. The number of nitrogens with one attached hydrogen (secondary N) is 2. The quantitative estimate of drug-likeness (QED) is 0.657. The molecule has 0 aliphatic carbocycles. The molecule has 1 heterocycles. The van der Waals surface area contributed by atoms with E-state index < -0.39 is 5.97 Å². The zero-order valence-corrected chi connectivity index (χ0v) is 11.0. The number of amides is 2. The van der Waals surface area contributed by atoms with Crippen molar-refractivity contribution in [2.45, 2.75) is 26.7 Å². The maximum Gasteiger partial charge on any atom is 0.314 e. The molecule has 19 heavy (non-hydrogen) atoms. The van der Waals surface area contributed by atoms with Crippen molar-refractivity contribution in [1.29, 1.82) is 0 Å². The average molecular weight is 270 g/mol. The first kappa shape index (κ1) is 14.9. The van der Waals surface area contributed by atoms with Crippen molar-refractivity contribution in [2.75, 3.05) is 13.1 Å². The molecule has 0 radical (unpaired) electrons. The molecule has 2 amide bonds. The van der Waals surface area contributed by atoms with Crippen molar-refractivity contribution in [3.8, 4) is 0 Å². The second-order valence-electron chi connectivity index (χ2n) is 4.32. The molecule has 8 heteroatoms. The number of hydrogen-bond acceptors (Lipinski definition) is 5. The number of aromatic nitrogens is 2. The number of nitrogens with zero attached hydrogens (tertiary/aromatic N) is 2. The number of carboxylic acid groups (broad SMARTS) is 1. The van der Waals surface area contributed by atoms with E-state index >= 15 is 0 Å². The van der Waals surface area contributed by atoms with Crippen molar-refractivity contribution in [3.05, 3.63) is 11.7 Å². The number of carbonyl (C=O) groups excluding carboxylic acids is 1. The van der Waals surface area contributed by atoms with Crippen molar-refractivity contribution in [3.63, 3.8) is 0 Å². The molecule has 1 rings (SSSR count). The Labute approximate surface area is 110 Å². The van der Waals surface area contributed by atoms with Gasteiger partial charge in [-0.05, 0) is 5.92 Å². The number of rotatable bonds is 7. The van der Waals surface area contributed by atoms with Gasteiger partial charge in [-0.25, -0.2) is 4.79 Å². The Kier molecular flexibility index (Phi) is 5.77. The molecule has 1 unspecified atom stereocenters. The van der Waals surface area contributed by atoms with Gasteiger partial charge in [0.2, 0.25) is 5.89 Å². The van der Waals surface area contributed by atoms with Gasteiger partial charge < -0.3 is 20.3 Å². The Hall–Kier alpha value is -2.12. The predicted octanol–water partition coefficient (Wildman–Crippen LogP) is 0.331. The molecule has 0 bridgehead atoms. The predicted molar refractivity (Wildman–Crippen MR) is 65.6 cm³/mol. The van der Waals surface area contributed by atoms with Gasteiger partial charge in [0.05, 0.1) is 0 Å². The maximum absolute atomic E-state index is 11.4. The van der Waals surface area contributed by atoms with E-state index in [9.17, 15) is 9.59 Å². The second kappa shape index (κ2) is 7.34. The van der Waals surface area contributed by atoms with E-state index in [2.05, 4.69) is 20.8 Å². The molecule has 0 aliphatic heterocycles. The van der Waals surface area contributed by atoms with Crippen LogP contribution in [0.2, 0.25) is 0 Å². The van der Waals surface area contributed by atoms with Gasteiger partial charge in [0.1, 0.15) is 0 Å². The van der Waals surface area contributed by atoms with Gasteiger partial charge in [0.15, 0.2) is 5.82 Å². The fraction of sp³-hybridized carbons (Fsp3) is 0.636. The first-order chi connectivity index (χ1) is 8.97. The third-order valence-corrected chi connectivity index (χ3v) is 2.34. The summed E-state index contributed by atoms with van der Waals surface area (Å²) in [4.78, 5) is 25.8. The summed E-state index contributed by atoms with van der Waals surface area (Å²) >= 11 is 0. The lowest BCUT2D eigenvalue weighted by Crippen LogP contribution is -2.39. The van der Waals surface area contributed by atoms with E-state index in [1.807, 2.05) is 0 Å². The highest BCUT2D eigenvalue weighted by Gasteiger charge is 2.09. The van der Waals surface area contributed by atoms with Crippen LogP contribution in [0.4, 0.5) is 4.79 Å². The Morgan fingerprint density at radius 3 is 2.74 bits per heavy atom. The highest BCUT2D eigenvalue weighted by atomic mass is 16.5. The fourth-order valence-electron chi connectivity index (χ4n) is 1.43. The van der Waals surface area contributed by atoms with Crippen LogP contribution in [0, 0.1) is 12.8 Å². The summed E-state index contributed by atoms with van der Waals surface area (Å²) in [5, 5.41) is 17.5. The lowest BCUT2D eigenvalue weighted by Gasteiger charge is -2.10. The van der Waals surface area contributed by atoms with Crippen LogP contribution in [0.5, 0.6) is 0 Å². The molecule has 0 fully saturated rings. The second-order valence-corrected chi connectivity index (χ2v) is 4.32. The van der Waals surface area contributed by atoms with Crippen LogP contribution in [0.25, 0.3) is 0 Å². The summed E-state index contributed by atoms with van der Waals surface area (Å²) in [5.74, 6) is 0.0456. The standard InChI is InChI=1S/C11H18N4O4/c1-7(5-10(16)17)6-13-11(18)12-4-3-9-14-8(2)19-15-9/h7H,3-6H2,1-2H3,(H,16,17)(H2,12,13,18). The van der Waals surface area contributed by atoms with Crippen LogP contribution in [-0.4, -0.2) is 40.3 Å². The van der Waals surface area contributed by atoms with Gasteiger partial charge in [-0.3, -0.25) is 4.79 Å². The maximum atomic E-state index is 11.4. The third-order valence-electron chi connectivity index (χ3n) is 2.34. The summed E-state index contributed by atoms with van der Waals surface area (Å²) in [5.41, 5.74) is 0. The summed E-state index contributed by atoms with van der Waals surface area (Å²) in [7, 11) is 0. The van der Waals surface area contributed by atoms with Crippen molar-refractivity contribution >= 4 is 12.0 Å². The zero-order valence-electron chi connectivity index (χ0n) is 11.0. The molecule has 0 saturated carbocycles. The Balaban J connectivity index is 2.12. The van der Waals surface area contributed by atoms with Crippen LogP contribution in [-0.2, 0) is 11.2 Å². The van der Waals surface area contributed by atoms with Gasteiger partial charge >= 0.3 is 12.0 Å². The molecule has 1 aromatic rings. The smallest absolute Gasteiger partial charge is 0.314 e. The molecule has 106 valence electrons. The van der Waals surface area contributed by atoms with Gasteiger partial charge in [0.25, 0.3) is 0 Å². The van der Waals surface area contributed by atoms with E-state index in [1.165, 1.54) is 0 Å². The number of aliphatic carboxylic acids is 1. The molecule has 8 nitrogen and oxygen atoms in total. The minimum absolute atomic E-state index is 0.0302. The van der Waals surface area contributed by atoms with E-state index in [1.54, 1.807) is 13.8 Å². The normalized spacial score (nSPS) is 11.9. The van der Waals surface area contributed by atoms with Crippen molar-refractivity contribution in [1.82, 2.24) is 20.8 Å². The van der Waals surface area contributed by atoms with Crippen LogP contribution in [0.15, 0.2) is 4.52 Å². The van der Waals surface area contributed by atoms with E-state index in [0.717, 1.165) is 0 Å². The van der Waals surface area contributed by atoms with Crippen LogP contribution >= 0.6 is 0 Å². The van der Waals surface area contributed by atoms with Crippen molar-refractivity contribution < 1.29 is 19.2 Å². The van der Waals surface area contributed by atoms with E-state index in [4.69, 9.17) is 9.63 Å². The van der Waals surface area contributed by atoms with Crippen LogP contribution in [0.3, 0.4) is 0 Å². The molecular formula is C11H18N4O4. The average Bonchev–Trinajstić information content (AvgIpc) is 2.71. The van der Waals surface area contributed by atoms with Gasteiger partial charge in [-0.1, -0.05) is 12.1 Å². The van der Waals surface area contributed by atoms with Gasteiger partial charge in [0, 0.05) is 32.9 Å². The molecule has 1 atom stereocenters. The molecular weight excluding hydrogens is 252 g/mol. The first-order valence-corrected chi connectivity index (χ1v) is 6.00. The number of hydrogen-bond donors (Lipinski definition) is 3. The molecule has 0 aromatic carbocycles. The minimum Gasteiger partial charge on any atom is -0.481 e. The topological polar surface area (TPSA) is 117 Å². The lowest BCUT2D eigenvalue weighted by molar-refractivity contribution is -0.137. The van der Waals surface area contributed by atoms with Gasteiger partial charge in [-0.2, -0.15) is 4.98 Å². The molecule has 0 spiro atoms. The molecule has 1 aromatic heterocycles. The summed E-state index contributed by atoms with van der Waals surface area (Å²) in [6, 6.07) is -0.336. The van der Waals surface area contributed by atoms with Crippen LogP contribution < -0.4 is 10.6 Å². The molecule has 3 N–H and O–H groups in total. The number of urea groups is 1. The molecule has 0 saturated heterocycles. The SMILES string of the molecule is Cc1nc(CCNC(=O)NCC(C)CC(=O)O)no1. The summed E-state index contributed by atoms with van der Waals surface area (Å²) in [6.07, 6.45) is 0.512. The number of carboxylic acids is 1. The van der Waals surface area contributed by atoms with Crippen LogP contribution in [0.1, 0.15) is 25.1 Å². The summed E-state index contributed by atoms with van der Waals surface area (Å²) < 4.78 is 4.79. The largest absolute Gasteiger partial charge is 0.481 e. The van der Waals surface area contributed by atoms with Gasteiger partial charge in [-0.15, -0.1) is 0 Å². The van der Waals surface area contributed by atoms with E-state index in [-0.39, 0.29) is 18.4 Å². The molecule has 0 aliphatic rings. The summed E-state index contributed by atoms with van der Waals surface area (Å²) in [6.45, 7) is 4.16. The number of carbonyl (C=O) groups is 2. The van der Waals surface area contributed by atoms with Crippen molar-refractivity contribution in [2.24, 2.45) is 5.92 Å². The minimum atomic E-state index is -0.873. The Morgan fingerprint density at radius 2 is 2.16 bits per heavy atom. The number of aryl methyl sites for hydroxylation is 1. The van der Waals surface area contributed by atoms with E-state index in [0.29, 0.717) is 31.2 Å². The zero-order chi connectivity index (χ0) is 14.3. The highest BCUT2D eigenvalue weighted by Crippen LogP contribution is 1.99. The Bertz CT molecular complexity index is 432. The first-order valence-electron chi connectivity index (χ1n) is 6.00. The fourth-order valence-corrected chi connectivity index (χ4v) is 1.43.